The van der Waals surface area contributed by atoms with Crippen LogP contribution in [-0.4, -0.2) is 40.0 Å². The fourth-order valence-corrected chi connectivity index (χ4v) is 3.22. The number of rotatable bonds is 6. The van der Waals surface area contributed by atoms with Crippen molar-refractivity contribution in [1.29, 1.82) is 0 Å². The maximum atomic E-state index is 5.00. The van der Waals surface area contributed by atoms with Crippen LogP contribution >= 0.6 is 11.3 Å². The van der Waals surface area contributed by atoms with Gasteiger partial charge in [0.2, 0.25) is 5.13 Å². The van der Waals surface area contributed by atoms with Crippen LogP contribution in [0.25, 0.3) is 5.13 Å². The summed E-state index contributed by atoms with van der Waals surface area (Å²) >= 11 is 1.62. The molecule has 7 heteroatoms. The maximum Gasteiger partial charge on any atom is 0.217 e. The average molecular weight is 293 g/mol. The molecule has 0 amide bonds. The van der Waals surface area contributed by atoms with Crippen LogP contribution in [-0.2, 0) is 24.1 Å². The van der Waals surface area contributed by atoms with Crippen molar-refractivity contribution in [2.24, 2.45) is 0 Å². The number of hydrogen-bond donors (Lipinski definition) is 1. The van der Waals surface area contributed by atoms with Crippen molar-refractivity contribution >= 4 is 11.3 Å². The van der Waals surface area contributed by atoms with Crippen molar-refractivity contribution in [2.75, 3.05) is 20.3 Å². The SMILES string of the molecule is COCCNCc1nnc(-n2cnc3c2CCCC3)s1. The first-order valence-corrected chi connectivity index (χ1v) is 7.77. The second-order valence-corrected chi connectivity index (χ2v) is 5.90. The Morgan fingerprint density at radius 1 is 1.35 bits per heavy atom. The zero-order chi connectivity index (χ0) is 13.8. The molecule has 6 nitrogen and oxygen atoms in total. The monoisotopic (exact) mass is 293 g/mol. The van der Waals surface area contributed by atoms with E-state index in [4.69, 9.17) is 4.74 Å². The molecule has 0 fully saturated rings. The van der Waals surface area contributed by atoms with Crippen LogP contribution in [0.4, 0.5) is 0 Å². The van der Waals surface area contributed by atoms with Crippen LogP contribution in [0.5, 0.6) is 0 Å². The first-order valence-electron chi connectivity index (χ1n) is 6.96. The number of aryl methyl sites for hydroxylation is 1. The summed E-state index contributed by atoms with van der Waals surface area (Å²) in [7, 11) is 1.70. The predicted molar refractivity (Wildman–Crippen MR) is 77.3 cm³/mol. The van der Waals surface area contributed by atoms with E-state index >= 15 is 0 Å². The Morgan fingerprint density at radius 2 is 2.25 bits per heavy atom. The van der Waals surface area contributed by atoms with Gasteiger partial charge in [-0.1, -0.05) is 11.3 Å². The van der Waals surface area contributed by atoms with E-state index in [1.807, 2.05) is 6.33 Å². The summed E-state index contributed by atoms with van der Waals surface area (Å²) in [4.78, 5) is 4.50. The van der Waals surface area contributed by atoms with Crippen LogP contribution < -0.4 is 5.32 Å². The van der Waals surface area contributed by atoms with Gasteiger partial charge in [-0.25, -0.2) is 4.98 Å². The number of methoxy groups -OCH3 is 1. The number of imidazole rings is 1. The second-order valence-electron chi connectivity index (χ2n) is 4.86. The summed E-state index contributed by atoms with van der Waals surface area (Å²) in [6.45, 7) is 2.27. The molecule has 2 aromatic rings. The number of aromatic nitrogens is 4. The Kier molecular flexibility index (Phi) is 4.39. The Labute approximate surface area is 122 Å². The molecule has 0 radical (unpaired) electrons. The van der Waals surface area contributed by atoms with Gasteiger partial charge in [0.05, 0.1) is 12.3 Å². The van der Waals surface area contributed by atoms with Crippen LogP contribution in [0.3, 0.4) is 0 Å². The Hall–Kier alpha value is -1.31. The van der Waals surface area contributed by atoms with E-state index in [1.54, 1.807) is 18.4 Å². The summed E-state index contributed by atoms with van der Waals surface area (Å²) in [5.74, 6) is 0. The number of nitrogens with zero attached hydrogens (tertiary/aromatic N) is 4. The van der Waals surface area contributed by atoms with Crippen LogP contribution in [0, 0.1) is 0 Å². The van der Waals surface area contributed by atoms with Crippen molar-refractivity contribution in [3.8, 4) is 5.13 Å². The molecule has 3 rings (SSSR count). The van der Waals surface area contributed by atoms with Crippen LogP contribution in [0.1, 0.15) is 29.2 Å². The Morgan fingerprint density at radius 3 is 3.15 bits per heavy atom. The lowest BCUT2D eigenvalue weighted by atomic mass is 10.0. The number of hydrogen-bond acceptors (Lipinski definition) is 6. The van der Waals surface area contributed by atoms with E-state index in [1.165, 1.54) is 24.2 Å². The van der Waals surface area contributed by atoms with Gasteiger partial charge >= 0.3 is 0 Å². The molecule has 2 heterocycles. The zero-order valence-electron chi connectivity index (χ0n) is 11.6. The normalized spacial score (nSPS) is 14.4. The lowest BCUT2D eigenvalue weighted by molar-refractivity contribution is 0.199. The minimum atomic E-state index is 0.709. The lowest BCUT2D eigenvalue weighted by Crippen LogP contribution is -2.18. The standard InChI is InChI=1S/C13H19N5OS/c1-19-7-6-14-8-12-16-17-13(20-12)18-9-15-10-4-2-3-5-11(10)18/h9,14H,2-8H2,1H3. The molecule has 2 aromatic heterocycles. The van der Waals surface area contributed by atoms with Gasteiger partial charge in [0, 0.05) is 25.9 Å². The fraction of sp³-hybridized carbons (Fsp3) is 0.615. The molecule has 0 saturated carbocycles. The van der Waals surface area contributed by atoms with Gasteiger partial charge in [0.15, 0.2) is 0 Å². The summed E-state index contributed by atoms with van der Waals surface area (Å²) in [5, 5.41) is 13.7. The summed E-state index contributed by atoms with van der Waals surface area (Å²) < 4.78 is 7.10. The maximum absolute atomic E-state index is 5.00. The van der Waals surface area contributed by atoms with Crippen LogP contribution in [0.15, 0.2) is 6.33 Å². The highest BCUT2D eigenvalue weighted by molar-refractivity contribution is 7.13. The topological polar surface area (TPSA) is 64.9 Å². The van der Waals surface area contributed by atoms with E-state index < -0.39 is 0 Å². The number of fused-ring (bicyclic) bond motifs is 1. The van der Waals surface area contributed by atoms with E-state index in [9.17, 15) is 0 Å². The molecule has 1 aliphatic rings. The smallest absolute Gasteiger partial charge is 0.217 e. The van der Waals surface area contributed by atoms with Crippen molar-refractivity contribution in [1.82, 2.24) is 25.1 Å². The molecule has 0 saturated heterocycles. The Bertz CT molecular complexity index is 565. The average Bonchev–Trinajstić information content (AvgIpc) is 3.10. The Balaban J connectivity index is 1.69. The summed E-state index contributed by atoms with van der Waals surface area (Å²) in [5.41, 5.74) is 2.54. The molecule has 0 atom stereocenters. The van der Waals surface area contributed by atoms with E-state index in [-0.39, 0.29) is 0 Å². The first kappa shape index (κ1) is 13.7. The van der Waals surface area contributed by atoms with E-state index in [2.05, 4.69) is 25.1 Å². The highest BCUT2D eigenvalue weighted by Crippen LogP contribution is 2.24. The fourth-order valence-electron chi connectivity index (χ4n) is 2.42. The third-order valence-electron chi connectivity index (χ3n) is 3.45. The van der Waals surface area contributed by atoms with Gasteiger partial charge in [-0.3, -0.25) is 4.57 Å². The first-order chi connectivity index (χ1) is 9.88. The van der Waals surface area contributed by atoms with Gasteiger partial charge in [-0.15, -0.1) is 10.2 Å². The zero-order valence-corrected chi connectivity index (χ0v) is 12.4. The van der Waals surface area contributed by atoms with Crippen molar-refractivity contribution in [2.45, 2.75) is 32.2 Å². The van der Waals surface area contributed by atoms with Gasteiger partial charge < -0.3 is 10.1 Å². The molecular formula is C13H19N5OS. The van der Waals surface area contributed by atoms with Crippen LogP contribution in [0.2, 0.25) is 0 Å². The van der Waals surface area contributed by atoms with E-state index in [0.717, 1.165) is 36.1 Å². The molecule has 1 N–H and O–H groups in total. The highest BCUT2D eigenvalue weighted by Gasteiger charge is 2.18. The van der Waals surface area contributed by atoms with Crippen molar-refractivity contribution in [3.63, 3.8) is 0 Å². The molecule has 0 spiro atoms. The molecule has 108 valence electrons. The van der Waals surface area contributed by atoms with Crippen molar-refractivity contribution in [3.05, 3.63) is 22.7 Å². The quantitative estimate of drug-likeness (QED) is 0.814. The molecule has 0 bridgehead atoms. The van der Waals surface area contributed by atoms with E-state index in [0.29, 0.717) is 6.61 Å². The minimum absolute atomic E-state index is 0.709. The minimum Gasteiger partial charge on any atom is -0.383 e. The molecule has 0 aromatic carbocycles. The number of nitrogens with one attached hydrogen (secondary N) is 1. The molecule has 20 heavy (non-hydrogen) atoms. The third-order valence-corrected chi connectivity index (χ3v) is 4.37. The van der Waals surface area contributed by atoms with Gasteiger partial charge in [-0.05, 0) is 25.7 Å². The van der Waals surface area contributed by atoms with Gasteiger partial charge in [-0.2, -0.15) is 0 Å². The van der Waals surface area contributed by atoms with Gasteiger partial charge in [0.1, 0.15) is 11.3 Å². The number of ether oxygens (including phenoxy) is 1. The van der Waals surface area contributed by atoms with Gasteiger partial charge in [0.25, 0.3) is 0 Å². The highest BCUT2D eigenvalue weighted by atomic mass is 32.1. The third kappa shape index (κ3) is 2.89. The lowest BCUT2D eigenvalue weighted by Gasteiger charge is -2.11. The molecular weight excluding hydrogens is 274 g/mol. The van der Waals surface area contributed by atoms with Crippen molar-refractivity contribution < 1.29 is 4.74 Å². The predicted octanol–water partition coefficient (Wildman–Crippen LogP) is 1.34. The second kappa shape index (κ2) is 6.43. The summed E-state index contributed by atoms with van der Waals surface area (Å²) in [6.07, 6.45) is 6.55. The largest absolute Gasteiger partial charge is 0.383 e. The summed E-state index contributed by atoms with van der Waals surface area (Å²) in [6, 6.07) is 0. The molecule has 1 aliphatic carbocycles. The molecule has 0 aliphatic heterocycles. The molecule has 0 unspecified atom stereocenters.